The molecule has 2 rings (SSSR count). The lowest BCUT2D eigenvalue weighted by atomic mass is 10.2. The Morgan fingerprint density at radius 3 is 2.79 bits per heavy atom. The monoisotopic (exact) mass is 186 g/mol. The van der Waals surface area contributed by atoms with Crippen molar-refractivity contribution in [2.24, 2.45) is 12.8 Å². The van der Waals surface area contributed by atoms with E-state index < -0.39 is 0 Å². The summed E-state index contributed by atoms with van der Waals surface area (Å²) in [6.45, 7) is 3.71. The Bertz CT molecular complexity index is 468. The van der Waals surface area contributed by atoms with Gasteiger partial charge in [0, 0.05) is 18.3 Å². The average Bonchev–Trinajstić information content (AvgIpc) is 2.56. The predicted molar refractivity (Wildman–Crippen MR) is 60.0 cm³/mol. The fourth-order valence-electron chi connectivity index (χ4n) is 1.75. The molecule has 0 radical (unpaired) electrons. The fourth-order valence-corrected chi connectivity index (χ4v) is 1.75. The first-order chi connectivity index (χ1) is 6.74. The highest BCUT2D eigenvalue weighted by Crippen LogP contribution is 2.22. The van der Waals surface area contributed by atoms with E-state index in [0.29, 0.717) is 0 Å². The van der Waals surface area contributed by atoms with Crippen LogP contribution in [0.25, 0.3) is 10.9 Å². The highest BCUT2D eigenvalue weighted by Gasteiger charge is 2.08. The maximum atomic E-state index is 5.92. The zero-order valence-corrected chi connectivity index (χ0v) is 8.27. The quantitative estimate of drug-likeness (QED) is 0.717. The zero-order chi connectivity index (χ0) is 10.1. The molecule has 2 aromatic rings. The van der Waals surface area contributed by atoms with Crippen LogP contribution in [0.3, 0.4) is 0 Å². The lowest BCUT2D eigenvalue weighted by molar-refractivity contribution is 0.782. The third-order valence-electron chi connectivity index (χ3n) is 2.58. The van der Waals surface area contributed by atoms with E-state index in [1.165, 1.54) is 10.9 Å². The number of hydrogen-bond donors (Lipinski definition) is 1. The van der Waals surface area contributed by atoms with E-state index in [1.807, 2.05) is 19.2 Å². The van der Waals surface area contributed by atoms with Gasteiger partial charge >= 0.3 is 0 Å². The largest absolute Gasteiger partial charge is 0.346 e. The molecule has 0 bridgehead atoms. The summed E-state index contributed by atoms with van der Waals surface area (Å²) in [5, 5.41) is 1.22. The smallest absolute Gasteiger partial charge is 0.0633 e. The number of hydrogen-bond acceptors (Lipinski definition) is 1. The second-order valence-corrected chi connectivity index (χ2v) is 3.45. The van der Waals surface area contributed by atoms with Crippen molar-refractivity contribution >= 4 is 10.9 Å². The summed E-state index contributed by atoms with van der Waals surface area (Å²) in [7, 11) is 2.03. The normalized spacial score (nSPS) is 13.0. The van der Waals surface area contributed by atoms with Gasteiger partial charge in [0.15, 0.2) is 0 Å². The molecular weight excluding hydrogens is 172 g/mol. The van der Waals surface area contributed by atoms with E-state index >= 15 is 0 Å². The summed E-state index contributed by atoms with van der Waals surface area (Å²) >= 11 is 0. The number of aromatic nitrogens is 1. The third-order valence-corrected chi connectivity index (χ3v) is 2.58. The number of para-hydroxylation sites is 1. The van der Waals surface area contributed by atoms with E-state index in [-0.39, 0.29) is 6.04 Å². The lowest BCUT2D eigenvalue weighted by Gasteiger charge is -2.07. The minimum Gasteiger partial charge on any atom is -0.346 e. The van der Waals surface area contributed by atoms with Crippen molar-refractivity contribution in [3.8, 4) is 0 Å². The molecule has 1 heterocycles. The molecule has 72 valence electrons. The number of nitrogens with zero attached hydrogens (tertiary/aromatic N) is 1. The highest BCUT2D eigenvalue weighted by atomic mass is 15.0. The molecule has 14 heavy (non-hydrogen) atoms. The minimum atomic E-state index is -0.0904. The number of benzene rings is 1. The Morgan fingerprint density at radius 1 is 1.43 bits per heavy atom. The van der Waals surface area contributed by atoms with Gasteiger partial charge in [-0.3, -0.25) is 0 Å². The van der Waals surface area contributed by atoms with Crippen molar-refractivity contribution in [2.75, 3.05) is 0 Å². The van der Waals surface area contributed by atoms with Gasteiger partial charge < -0.3 is 10.3 Å². The van der Waals surface area contributed by atoms with Crippen LogP contribution in [0.5, 0.6) is 0 Å². The first kappa shape index (κ1) is 9.03. The van der Waals surface area contributed by atoms with Crippen LogP contribution in [0.4, 0.5) is 0 Å². The van der Waals surface area contributed by atoms with Gasteiger partial charge in [-0.25, -0.2) is 0 Å². The van der Waals surface area contributed by atoms with E-state index in [0.717, 1.165) is 5.69 Å². The average molecular weight is 186 g/mol. The van der Waals surface area contributed by atoms with Crippen molar-refractivity contribution in [1.82, 2.24) is 4.57 Å². The Balaban J connectivity index is 2.68. The second kappa shape index (κ2) is 3.31. The van der Waals surface area contributed by atoms with Gasteiger partial charge in [0.1, 0.15) is 0 Å². The highest BCUT2D eigenvalue weighted by molar-refractivity contribution is 5.81. The molecule has 0 saturated heterocycles. The van der Waals surface area contributed by atoms with Gasteiger partial charge in [0.2, 0.25) is 0 Å². The maximum absolute atomic E-state index is 5.92. The van der Waals surface area contributed by atoms with Crippen LogP contribution in [0, 0.1) is 0 Å². The third kappa shape index (κ3) is 1.24. The summed E-state index contributed by atoms with van der Waals surface area (Å²) in [6.07, 6.45) is 1.76. The molecule has 0 saturated carbocycles. The number of fused-ring (bicyclic) bond motifs is 1. The number of nitrogens with two attached hydrogens (primary N) is 1. The van der Waals surface area contributed by atoms with E-state index in [4.69, 9.17) is 5.73 Å². The van der Waals surface area contributed by atoms with Crippen molar-refractivity contribution in [2.45, 2.75) is 6.04 Å². The van der Waals surface area contributed by atoms with Crippen LogP contribution in [0.15, 0.2) is 43.0 Å². The molecule has 0 unspecified atom stereocenters. The van der Waals surface area contributed by atoms with E-state index in [2.05, 4.69) is 29.3 Å². The van der Waals surface area contributed by atoms with Crippen molar-refractivity contribution in [3.63, 3.8) is 0 Å². The minimum absolute atomic E-state index is 0.0904. The SMILES string of the molecule is C=C[C@H](N)c1cc2ccccc2n1C. The van der Waals surface area contributed by atoms with E-state index in [1.54, 1.807) is 6.08 Å². The van der Waals surface area contributed by atoms with Crippen molar-refractivity contribution < 1.29 is 0 Å². The molecule has 0 aliphatic heterocycles. The van der Waals surface area contributed by atoms with Gasteiger partial charge in [-0.15, -0.1) is 6.58 Å². The summed E-state index contributed by atoms with van der Waals surface area (Å²) in [6, 6.07) is 10.3. The molecule has 1 aromatic carbocycles. The van der Waals surface area contributed by atoms with Crippen LogP contribution < -0.4 is 5.73 Å². The van der Waals surface area contributed by atoms with Crippen LogP contribution in [-0.2, 0) is 7.05 Å². The van der Waals surface area contributed by atoms with Crippen molar-refractivity contribution in [1.29, 1.82) is 0 Å². The van der Waals surface area contributed by atoms with Gasteiger partial charge in [-0.05, 0) is 17.5 Å². The molecule has 0 amide bonds. The summed E-state index contributed by atoms with van der Waals surface area (Å²) in [4.78, 5) is 0. The standard InChI is InChI=1S/C12H14N2/c1-3-10(13)12-8-9-6-4-5-7-11(9)14(12)2/h3-8,10H,1,13H2,2H3/t10-/m0/s1. The number of aryl methyl sites for hydroxylation is 1. The molecule has 1 aromatic heterocycles. The summed E-state index contributed by atoms with van der Waals surface area (Å²) < 4.78 is 2.11. The number of rotatable bonds is 2. The Morgan fingerprint density at radius 2 is 2.14 bits per heavy atom. The van der Waals surface area contributed by atoms with Gasteiger partial charge in [0.25, 0.3) is 0 Å². The van der Waals surface area contributed by atoms with Crippen LogP contribution in [-0.4, -0.2) is 4.57 Å². The molecule has 0 spiro atoms. The summed E-state index contributed by atoms with van der Waals surface area (Å²) in [5.74, 6) is 0. The molecule has 0 fully saturated rings. The summed E-state index contributed by atoms with van der Waals surface area (Å²) in [5.41, 5.74) is 8.23. The Kier molecular flexibility index (Phi) is 2.14. The lowest BCUT2D eigenvalue weighted by Crippen LogP contribution is -2.10. The van der Waals surface area contributed by atoms with E-state index in [9.17, 15) is 0 Å². The van der Waals surface area contributed by atoms with Gasteiger partial charge in [-0.1, -0.05) is 24.3 Å². The van der Waals surface area contributed by atoms with Crippen LogP contribution >= 0.6 is 0 Å². The first-order valence-electron chi connectivity index (χ1n) is 4.66. The van der Waals surface area contributed by atoms with Crippen LogP contribution in [0.1, 0.15) is 11.7 Å². The molecule has 0 aliphatic rings. The first-order valence-corrected chi connectivity index (χ1v) is 4.66. The fraction of sp³-hybridized carbons (Fsp3) is 0.167. The van der Waals surface area contributed by atoms with Crippen molar-refractivity contribution in [3.05, 3.63) is 48.7 Å². The van der Waals surface area contributed by atoms with Crippen LogP contribution in [0.2, 0.25) is 0 Å². The molecule has 2 heteroatoms. The zero-order valence-electron chi connectivity index (χ0n) is 8.27. The molecular formula is C12H14N2. The molecule has 2 N–H and O–H groups in total. The molecule has 0 aliphatic carbocycles. The Hall–Kier alpha value is -1.54. The topological polar surface area (TPSA) is 30.9 Å². The second-order valence-electron chi connectivity index (χ2n) is 3.45. The maximum Gasteiger partial charge on any atom is 0.0633 e. The predicted octanol–water partition coefficient (Wildman–Crippen LogP) is 2.36. The van der Waals surface area contributed by atoms with Gasteiger partial charge in [-0.2, -0.15) is 0 Å². The Labute approximate surface area is 83.6 Å². The van der Waals surface area contributed by atoms with Gasteiger partial charge in [0.05, 0.1) is 6.04 Å². The molecule has 1 atom stereocenters. The molecule has 2 nitrogen and oxygen atoms in total.